The van der Waals surface area contributed by atoms with E-state index in [4.69, 9.17) is 26.7 Å². The van der Waals surface area contributed by atoms with Crippen LogP contribution in [0.15, 0.2) is 139 Å². The fourth-order valence-electron chi connectivity index (χ4n) is 5.39. The minimum atomic E-state index is 0.323. The summed E-state index contributed by atoms with van der Waals surface area (Å²) < 4.78 is 6.33. The second-order valence-electron chi connectivity index (χ2n) is 10.9. The third-order valence-corrected chi connectivity index (χ3v) is 7.87. The summed E-state index contributed by atoms with van der Waals surface area (Å²) in [5.41, 5.74) is 23.5. The molecule has 0 aliphatic heterocycles. The first-order valence-corrected chi connectivity index (χ1v) is 14.7. The quantitative estimate of drug-likeness (QED) is 0.0610. The maximum absolute atomic E-state index is 8.65. The van der Waals surface area contributed by atoms with Crippen LogP contribution in [0.5, 0.6) is 0 Å². The second kappa shape index (κ2) is 12.7. The molecule has 224 valence electrons. The highest BCUT2D eigenvalue weighted by Crippen LogP contribution is 2.37. The average Bonchev–Trinajstić information content (AvgIpc) is 3.47. The second-order valence-corrected chi connectivity index (χ2v) is 10.9. The van der Waals surface area contributed by atoms with E-state index in [0.717, 1.165) is 72.3 Å². The molecular formula is C40H33N5O. The Bertz CT molecular complexity index is 2200. The molecule has 6 nitrogen and oxygen atoms in total. The lowest BCUT2D eigenvalue weighted by atomic mass is 9.99. The van der Waals surface area contributed by atoms with Crippen molar-refractivity contribution in [3.63, 3.8) is 0 Å². The number of nitrogens with one attached hydrogen (secondary N) is 3. The molecule has 0 radical (unpaired) electrons. The maximum Gasteiger partial charge on any atom is 0.158 e. The van der Waals surface area contributed by atoms with Gasteiger partial charge in [0.05, 0.1) is 11.4 Å². The van der Waals surface area contributed by atoms with Gasteiger partial charge in [0, 0.05) is 34.1 Å². The number of furan rings is 1. The van der Waals surface area contributed by atoms with Gasteiger partial charge in [-0.1, -0.05) is 92.0 Å². The minimum Gasteiger partial charge on any atom is -0.454 e. The van der Waals surface area contributed by atoms with Crippen molar-refractivity contribution in [2.75, 3.05) is 11.1 Å². The first-order chi connectivity index (χ1) is 22.3. The molecule has 46 heavy (non-hydrogen) atoms. The number of benzene rings is 5. The Hall–Kier alpha value is -6.40. The molecule has 1 aromatic heterocycles. The standard InChI is InChI=1S/C40H33N5O/c1-3-26-22-32(42)18-19-37(26)45-38-8-4-7-33-34-23-31(17-20-39(34)46-40(33)38)28-11-15-30(16-12-28)36(44)24-35(43)29-13-9-27(10-14-29)25(2)6-5-21-41/h3-24,41,44-45H,1-2,42-43H2/b6-5-,35-24-,41-21?,44-36?. The Morgan fingerprint density at radius 3 is 2.24 bits per heavy atom. The van der Waals surface area contributed by atoms with Gasteiger partial charge in [-0.3, -0.25) is 0 Å². The first kappa shape index (κ1) is 29.7. The Labute approximate surface area is 267 Å². The van der Waals surface area contributed by atoms with E-state index in [2.05, 4.69) is 30.6 Å². The van der Waals surface area contributed by atoms with Crippen LogP contribution in [0.4, 0.5) is 17.1 Å². The Morgan fingerprint density at radius 1 is 0.783 bits per heavy atom. The van der Waals surface area contributed by atoms with Crippen molar-refractivity contribution in [1.82, 2.24) is 0 Å². The molecule has 0 atom stereocenters. The van der Waals surface area contributed by atoms with E-state index < -0.39 is 0 Å². The van der Waals surface area contributed by atoms with Gasteiger partial charge in [0.1, 0.15) is 5.58 Å². The van der Waals surface area contributed by atoms with Crippen LogP contribution >= 0.6 is 0 Å². The molecule has 0 spiro atoms. The highest BCUT2D eigenvalue weighted by atomic mass is 16.3. The summed E-state index contributed by atoms with van der Waals surface area (Å²) in [5.74, 6) is 0. The summed E-state index contributed by atoms with van der Waals surface area (Å²) in [6.07, 6.45) is 8.08. The smallest absolute Gasteiger partial charge is 0.158 e. The van der Waals surface area contributed by atoms with Crippen molar-refractivity contribution in [3.8, 4) is 11.1 Å². The predicted molar refractivity (Wildman–Crippen MR) is 196 cm³/mol. The van der Waals surface area contributed by atoms with Crippen molar-refractivity contribution < 1.29 is 4.42 Å². The van der Waals surface area contributed by atoms with E-state index in [1.807, 2.05) is 91.0 Å². The van der Waals surface area contributed by atoms with E-state index in [0.29, 0.717) is 17.1 Å². The molecule has 1 heterocycles. The fourth-order valence-corrected chi connectivity index (χ4v) is 5.39. The number of rotatable bonds is 10. The molecule has 5 aromatic carbocycles. The van der Waals surface area contributed by atoms with Crippen LogP contribution < -0.4 is 16.8 Å². The summed E-state index contributed by atoms with van der Waals surface area (Å²) in [6, 6.07) is 33.5. The van der Waals surface area contributed by atoms with Gasteiger partial charge in [-0.15, -0.1) is 0 Å². The first-order valence-electron chi connectivity index (χ1n) is 14.7. The Kier molecular flexibility index (Phi) is 8.18. The maximum atomic E-state index is 8.65. The molecule has 7 N–H and O–H groups in total. The molecule has 6 heteroatoms. The van der Waals surface area contributed by atoms with Crippen LogP contribution in [0.3, 0.4) is 0 Å². The van der Waals surface area contributed by atoms with Gasteiger partial charge in [0.25, 0.3) is 0 Å². The molecule has 0 unspecified atom stereocenters. The molecule has 0 aliphatic rings. The van der Waals surface area contributed by atoms with Gasteiger partial charge in [-0.2, -0.15) is 0 Å². The van der Waals surface area contributed by atoms with Crippen molar-refractivity contribution in [2.45, 2.75) is 0 Å². The van der Waals surface area contributed by atoms with Crippen molar-refractivity contribution in [2.24, 2.45) is 5.73 Å². The van der Waals surface area contributed by atoms with E-state index in [1.165, 1.54) is 6.21 Å². The van der Waals surface area contributed by atoms with Crippen LogP contribution in [-0.4, -0.2) is 11.9 Å². The molecule has 0 fully saturated rings. The molecule has 0 amide bonds. The third kappa shape index (κ3) is 6.00. The van der Waals surface area contributed by atoms with Crippen LogP contribution in [0.25, 0.3) is 50.4 Å². The summed E-state index contributed by atoms with van der Waals surface area (Å²) in [6.45, 7) is 7.94. The molecule has 0 aliphatic carbocycles. The fraction of sp³-hybridized carbons (Fsp3) is 0. The van der Waals surface area contributed by atoms with Crippen molar-refractivity contribution in [3.05, 3.63) is 157 Å². The number of hydrogen-bond acceptors (Lipinski definition) is 6. The molecule has 0 saturated carbocycles. The number of anilines is 3. The zero-order valence-electron chi connectivity index (χ0n) is 25.2. The summed E-state index contributed by atoms with van der Waals surface area (Å²) >= 11 is 0. The summed E-state index contributed by atoms with van der Waals surface area (Å²) in [5, 5.41) is 21.3. The Morgan fingerprint density at radius 2 is 1.50 bits per heavy atom. The highest BCUT2D eigenvalue weighted by Gasteiger charge is 2.13. The molecule has 0 bridgehead atoms. The van der Waals surface area contributed by atoms with Crippen molar-refractivity contribution >= 4 is 68.3 Å². The van der Waals surface area contributed by atoms with E-state index in [-0.39, 0.29) is 0 Å². The van der Waals surface area contributed by atoms with Crippen LogP contribution in [0.1, 0.15) is 22.3 Å². The van der Waals surface area contributed by atoms with Gasteiger partial charge >= 0.3 is 0 Å². The van der Waals surface area contributed by atoms with Gasteiger partial charge in [0.15, 0.2) is 5.58 Å². The third-order valence-electron chi connectivity index (χ3n) is 7.87. The van der Waals surface area contributed by atoms with Gasteiger partial charge in [0.2, 0.25) is 0 Å². The minimum absolute atomic E-state index is 0.323. The van der Waals surface area contributed by atoms with Crippen LogP contribution in [0, 0.1) is 10.8 Å². The molecule has 0 saturated heterocycles. The zero-order valence-corrected chi connectivity index (χ0v) is 25.2. The van der Waals surface area contributed by atoms with E-state index in [1.54, 1.807) is 24.3 Å². The zero-order chi connectivity index (χ0) is 32.2. The van der Waals surface area contributed by atoms with Gasteiger partial charge < -0.3 is 32.0 Å². The Balaban J connectivity index is 1.22. The highest BCUT2D eigenvalue weighted by molar-refractivity contribution is 6.11. The lowest BCUT2D eigenvalue weighted by Gasteiger charge is -2.11. The van der Waals surface area contributed by atoms with Crippen LogP contribution in [0.2, 0.25) is 0 Å². The number of hydrogen-bond donors (Lipinski definition) is 5. The van der Waals surface area contributed by atoms with Gasteiger partial charge in [-0.05, 0) is 87.5 Å². The predicted octanol–water partition coefficient (Wildman–Crippen LogP) is 9.81. The summed E-state index contributed by atoms with van der Waals surface area (Å²) in [7, 11) is 0. The number of allylic oxidation sites excluding steroid dienone is 4. The van der Waals surface area contributed by atoms with Crippen LogP contribution in [-0.2, 0) is 0 Å². The van der Waals surface area contributed by atoms with E-state index >= 15 is 0 Å². The van der Waals surface area contributed by atoms with Gasteiger partial charge in [-0.25, -0.2) is 0 Å². The lowest BCUT2D eigenvalue weighted by Crippen LogP contribution is -2.02. The SMILES string of the molecule is C=Cc1cc(N)ccc1Nc1cccc2c1oc1ccc(-c3ccc(C(=N)/C=C(\N)c4ccc(C(=C)/C=C\C=N)cc4)cc3)cc12. The number of nitrogens with two attached hydrogens (primary N) is 2. The molecule has 6 aromatic rings. The largest absolute Gasteiger partial charge is 0.454 e. The van der Waals surface area contributed by atoms with E-state index in [9.17, 15) is 0 Å². The monoisotopic (exact) mass is 599 g/mol. The number of nitrogen functional groups attached to an aromatic ring is 1. The molecule has 6 rings (SSSR count). The van der Waals surface area contributed by atoms with Crippen molar-refractivity contribution in [1.29, 1.82) is 10.8 Å². The normalized spacial score (nSPS) is 11.6. The topological polar surface area (TPSA) is 125 Å². The summed E-state index contributed by atoms with van der Waals surface area (Å²) in [4.78, 5) is 0. The lowest BCUT2D eigenvalue weighted by molar-refractivity contribution is 0.670. The molecular weight excluding hydrogens is 566 g/mol. The average molecular weight is 600 g/mol. The number of fused-ring (bicyclic) bond motifs is 3. The number of para-hydroxylation sites is 1.